The lowest BCUT2D eigenvalue weighted by Gasteiger charge is -2.10. The summed E-state index contributed by atoms with van der Waals surface area (Å²) in [6.45, 7) is 3.55. The highest BCUT2D eigenvalue weighted by molar-refractivity contribution is 7.98. The maximum atomic E-state index is 6.24. The van der Waals surface area contributed by atoms with E-state index in [1.807, 2.05) is 57.4 Å². The summed E-state index contributed by atoms with van der Waals surface area (Å²) >= 11 is 8.04. The van der Waals surface area contributed by atoms with Gasteiger partial charge in [-0.3, -0.25) is 0 Å². The fraction of sp³-hybridized carbons (Fsp3) is 0.333. The summed E-state index contributed by atoms with van der Waals surface area (Å²) < 4.78 is 5.83. The zero-order valence-corrected chi connectivity index (χ0v) is 18.5. The molecule has 0 radical (unpaired) electrons. The molecule has 0 saturated carbocycles. The van der Waals surface area contributed by atoms with E-state index in [-0.39, 0.29) is 5.95 Å². The second kappa shape index (κ2) is 10.0. The van der Waals surface area contributed by atoms with Gasteiger partial charge >= 0.3 is 0 Å². The molecule has 3 rings (SSSR count). The van der Waals surface area contributed by atoms with Gasteiger partial charge in [0.05, 0.1) is 18.0 Å². The Kier molecular flexibility index (Phi) is 7.41. The highest BCUT2D eigenvalue weighted by Crippen LogP contribution is 2.28. The molecule has 0 unspecified atom stereocenters. The number of anilines is 2. The molecule has 0 atom stereocenters. The van der Waals surface area contributed by atoms with Gasteiger partial charge in [-0.2, -0.15) is 16.7 Å². The van der Waals surface area contributed by atoms with Crippen LogP contribution in [0.25, 0.3) is 11.3 Å². The minimum absolute atomic E-state index is 0.237. The topological polar surface area (TPSA) is 80.2 Å². The Hall–Kier alpha value is -2.22. The van der Waals surface area contributed by atoms with Crippen molar-refractivity contribution >= 4 is 35.1 Å². The molecule has 2 heterocycles. The predicted octanol–water partition coefficient (Wildman–Crippen LogP) is 4.69. The fourth-order valence-electron chi connectivity index (χ4n) is 2.90. The summed E-state index contributed by atoms with van der Waals surface area (Å²) in [7, 11) is 4.06. The molecule has 3 N–H and O–H groups in total. The van der Waals surface area contributed by atoms with E-state index < -0.39 is 0 Å². The predicted molar refractivity (Wildman–Crippen MR) is 122 cm³/mol. The smallest absolute Gasteiger partial charge is 0.222 e. The van der Waals surface area contributed by atoms with Gasteiger partial charge in [0.25, 0.3) is 0 Å². The van der Waals surface area contributed by atoms with E-state index in [1.54, 1.807) is 11.8 Å². The molecule has 154 valence electrons. The van der Waals surface area contributed by atoms with Crippen LogP contribution in [0.2, 0.25) is 5.02 Å². The van der Waals surface area contributed by atoms with E-state index in [9.17, 15) is 0 Å². The highest BCUT2D eigenvalue weighted by Gasteiger charge is 2.09. The number of nitrogens with one attached hydrogen (secondary N) is 1. The van der Waals surface area contributed by atoms with E-state index >= 15 is 0 Å². The maximum absolute atomic E-state index is 6.24. The van der Waals surface area contributed by atoms with Gasteiger partial charge < -0.3 is 20.4 Å². The Morgan fingerprint density at radius 2 is 1.97 bits per heavy atom. The van der Waals surface area contributed by atoms with Crippen LogP contribution in [-0.4, -0.2) is 41.3 Å². The van der Waals surface area contributed by atoms with Crippen LogP contribution in [0, 0.1) is 6.92 Å². The van der Waals surface area contributed by atoms with Crippen molar-refractivity contribution in [3.05, 3.63) is 58.5 Å². The summed E-state index contributed by atoms with van der Waals surface area (Å²) in [4.78, 5) is 10.7. The van der Waals surface area contributed by atoms with Gasteiger partial charge in [-0.1, -0.05) is 23.7 Å². The maximum Gasteiger partial charge on any atom is 0.222 e. The molecule has 29 heavy (non-hydrogen) atoms. The molecule has 8 heteroatoms. The van der Waals surface area contributed by atoms with E-state index in [1.165, 1.54) is 0 Å². The third-order valence-corrected chi connectivity index (χ3v) is 5.66. The zero-order valence-electron chi connectivity index (χ0n) is 16.9. The van der Waals surface area contributed by atoms with Crippen molar-refractivity contribution in [1.82, 2.24) is 14.9 Å². The third-order valence-electron chi connectivity index (χ3n) is 4.27. The normalized spacial score (nSPS) is 11.2. The van der Waals surface area contributed by atoms with Crippen molar-refractivity contribution in [3.63, 3.8) is 0 Å². The minimum Gasteiger partial charge on any atom is -0.464 e. The summed E-state index contributed by atoms with van der Waals surface area (Å²) in [5.74, 6) is 4.69. The second-order valence-corrected chi connectivity index (χ2v) is 8.51. The van der Waals surface area contributed by atoms with Crippen molar-refractivity contribution in [3.8, 4) is 11.3 Å². The van der Waals surface area contributed by atoms with E-state index in [4.69, 9.17) is 21.8 Å². The molecule has 0 spiro atoms. The van der Waals surface area contributed by atoms with Crippen LogP contribution in [0.3, 0.4) is 0 Å². The van der Waals surface area contributed by atoms with Crippen LogP contribution < -0.4 is 11.1 Å². The van der Waals surface area contributed by atoms with Gasteiger partial charge in [0.1, 0.15) is 17.3 Å². The number of rotatable bonds is 9. The minimum atomic E-state index is 0.237. The Bertz CT molecular complexity index is 960. The summed E-state index contributed by atoms with van der Waals surface area (Å²) in [6.07, 6.45) is 0. The number of hydrogen-bond acceptors (Lipinski definition) is 7. The number of thioether (sulfide) groups is 1. The van der Waals surface area contributed by atoms with Crippen molar-refractivity contribution < 1.29 is 4.42 Å². The molecule has 0 amide bonds. The van der Waals surface area contributed by atoms with Gasteiger partial charge in [-0.15, -0.1) is 0 Å². The number of benzene rings is 1. The largest absolute Gasteiger partial charge is 0.464 e. The second-order valence-electron chi connectivity index (χ2n) is 6.99. The highest BCUT2D eigenvalue weighted by atomic mass is 35.5. The quantitative estimate of drug-likeness (QED) is 0.476. The average molecular weight is 432 g/mol. The van der Waals surface area contributed by atoms with Crippen LogP contribution in [0.1, 0.15) is 17.1 Å². The Balaban J connectivity index is 1.53. The van der Waals surface area contributed by atoms with E-state index in [0.717, 1.165) is 52.9 Å². The summed E-state index contributed by atoms with van der Waals surface area (Å²) in [5, 5.41) is 4.03. The molecule has 0 fully saturated rings. The van der Waals surface area contributed by atoms with Crippen LogP contribution >= 0.6 is 23.4 Å². The van der Waals surface area contributed by atoms with Crippen LogP contribution in [-0.2, 0) is 12.3 Å². The first-order chi connectivity index (χ1) is 13.9. The first-order valence-electron chi connectivity index (χ1n) is 9.36. The first-order valence-corrected chi connectivity index (χ1v) is 10.9. The Morgan fingerprint density at radius 1 is 1.17 bits per heavy atom. The SMILES string of the molecule is Cc1c(Cl)cccc1-c1cc(NCCSCc2ccc(CN(C)C)o2)nc(N)n1. The lowest BCUT2D eigenvalue weighted by atomic mass is 10.1. The molecule has 2 aromatic heterocycles. The molecule has 0 bridgehead atoms. The number of nitrogen functional groups attached to an aromatic ring is 1. The monoisotopic (exact) mass is 431 g/mol. The van der Waals surface area contributed by atoms with Crippen molar-refractivity contribution in [2.45, 2.75) is 19.2 Å². The summed E-state index contributed by atoms with van der Waals surface area (Å²) in [6, 6.07) is 11.7. The molecular formula is C21H26ClN5OS. The first kappa shape index (κ1) is 21.5. The molecular weight excluding hydrogens is 406 g/mol. The summed E-state index contributed by atoms with van der Waals surface area (Å²) in [5.41, 5.74) is 8.60. The zero-order chi connectivity index (χ0) is 20.8. The Morgan fingerprint density at radius 3 is 2.76 bits per heavy atom. The van der Waals surface area contributed by atoms with Crippen molar-refractivity contribution in [2.24, 2.45) is 0 Å². The number of nitrogens with two attached hydrogens (primary N) is 1. The van der Waals surface area contributed by atoms with Gasteiger partial charge in [-0.25, -0.2) is 4.98 Å². The number of nitrogens with zero attached hydrogens (tertiary/aromatic N) is 3. The third kappa shape index (κ3) is 6.13. The van der Waals surface area contributed by atoms with Crippen molar-refractivity contribution in [2.75, 3.05) is 37.4 Å². The number of halogens is 1. The standard InChI is InChI=1S/C21H26ClN5OS/c1-14-17(5-4-6-18(14)22)19-11-20(26-21(23)25-19)24-9-10-29-13-16-8-7-15(28-16)12-27(2)3/h4-8,11H,9-10,12-13H2,1-3H3,(H3,23,24,25,26). The Labute approximate surface area is 180 Å². The number of aromatic nitrogens is 2. The molecule has 0 saturated heterocycles. The van der Waals surface area contributed by atoms with Gasteiger partial charge in [0.15, 0.2) is 0 Å². The molecule has 0 aliphatic rings. The van der Waals surface area contributed by atoms with Gasteiger partial charge in [0.2, 0.25) is 5.95 Å². The van der Waals surface area contributed by atoms with E-state index in [2.05, 4.69) is 20.2 Å². The lowest BCUT2D eigenvalue weighted by molar-refractivity contribution is 0.344. The van der Waals surface area contributed by atoms with Crippen molar-refractivity contribution in [1.29, 1.82) is 0 Å². The van der Waals surface area contributed by atoms with Crippen LogP contribution in [0.15, 0.2) is 40.8 Å². The molecule has 1 aromatic carbocycles. The average Bonchev–Trinajstić information content (AvgIpc) is 3.09. The fourth-order valence-corrected chi connectivity index (χ4v) is 3.82. The van der Waals surface area contributed by atoms with Gasteiger partial charge in [-0.05, 0) is 44.8 Å². The molecule has 0 aliphatic heterocycles. The number of furan rings is 1. The molecule has 3 aromatic rings. The van der Waals surface area contributed by atoms with Crippen LogP contribution in [0.5, 0.6) is 0 Å². The lowest BCUT2D eigenvalue weighted by Crippen LogP contribution is -2.09. The van der Waals surface area contributed by atoms with Crippen LogP contribution in [0.4, 0.5) is 11.8 Å². The molecule has 6 nitrogen and oxygen atoms in total. The number of hydrogen-bond donors (Lipinski definition) is 2. The van der Waals surface area contributed by atoms with E-state index in [0.29, 0.717) is 10.8 Å². The molecule has 0 aliphatic carbocycles. The van der Waals surface area contributed by atoms with Gasteiger partial charge in [0, 0.05) is 29.0 Å².